The lowest BCUT2D eigenvalue weighted by Crippen LogP contribution is -2.36. The number of aliphatic hydroxyl groups excluding tert-OH is 1. The van der Waals surface area contributed by atoms with Crippen LogP contribution in [0.2, 0.25) is 0 Å². The molecule has 8 heteroatoms. The molecule has 2 rings (SSSR count). The van der Waals surface area contributed by atoms with Crippen LogP contribution in [0.25, 0.3) is 0 Å². The van der Waals surface area contributed by atoms with Gasteiger partial charge in [-0.05, 0) is 6.07 Å². The van der Waals surface area contributed by atoms with Crippen molar-refractivity contribution >= 4 is 30.7 Å². The molecular formula is C10H18Cl2N4O2. The van der Waals surface area contributed by atoms with Crippen LogP contribution in [-0.2, 0) is 11.3 Å². The van der Waals surface area contributed by atoms with Crippen LogP contribution < -0.4 is 10.6 Å². The minimum absolute atomic E-state index is 0. The summed E-state index contributed by atoms with van der Waals surface area (Å²) in [7, 11) is 0. The zero-order valence-electron chi connectivity index (χ0n) is 9.78. The van der Waals surface area contributed by atoms with E-state index >= 15 is 0 Å². The second-order valence-corrected chi connectivity index (χ2v) is 3.99. The van der Waals surface area contributed by atoms with Crippen LogP contribution in [0.4, 0.5) is 0 Å². The van der Waals surface area contributed by atoms with Crippen molar-refractivity contribution in [1.29, 1.82) is 0 Å². The molecular weight excluding hydrogens is 279 g/mol. The molecule has 2 heterocycles. The van der Waals surface area contributed by atoms with Crippen LogP contribution in [0.3, 0.4) is 0 Å². The standard InChI is InChI=1S/C10H16N4O2.2ClH/c15-9-6-11-4-8(9)5-12-10(16)7-14-3-1-2-13-14;;/h1-3,8-9,11,15H,4-7H2,(H,12,16);2*1H. The van der Waals surface area contributed by atoms with Gasteiger partial charge in [-0.1, -0.05) is 0 Å². The Bertz CT molecular complexity index is 348. The maximum atomic E-state index is 11.5. The first-order valence-corrected chi connectivity index (χ1v) is 5.38. The molecule has 1 saturated heterocycles. The van der Waals surface area contributed by atoms with Crippen molar-refractivity contribution in [1.82, 2.24) is 20.4 Å². The van der Waals surface area contributed by atoms with Gasteiger partial charge < -0.3 is 15.7 Å². The highest BCUT2D eigenvalue weighted by atomic mass is 35.5. The van der Waals surface area contributed by atoms with Gasteiger partial charge in [-0.15, -0.1) is 24.8 Å². The van der Waals surface area contributed by atoms with E-state index in [-0.39, 0.29) is 49.3 Å². The van der Waals surface area contributed by atoms with E-state index in [4.69, 9.17) is 0 Å². The Morgan fingerprint density at radius 2 is 2.28 bits per heavy atom. The molecule has 1 fully saturated rings. The van der Waals surface area contributed by atoms with E-state index in [9.17, 15) is 9.90 Å². The van der Waals surface area contributed by atoms with E-state index in [2.05, 4.69) is 15.7 Å². The van der Waals surface area contributed by atoms with E-state index < -0.39 is 0 Å². The van der Waals surface area contributed by atoms with Gasteiger partial charge in [0.1, 0.15) is 6.54 Å². The fourth-order valence-electron chi connectivity index (χ4n) is 1.77. The van der Waals surface area contributed by atoms with E-state index in [1.165, 1.54) is 0 Å². The zero-order chi connectivity index (χ0) is 11.4. The Balaban J connectivity index is 0.00000144. The predicted octanol–water partition coefficient (Wildman–Crippen LogP) is -0.577. The number of carbonyl (C=O) groups is 1. The first-order valence-electron chi connectivity index (χ1n) is 5.38. The van der Waals surface area contributed by atoms with Crippen molar-refractivity contribution in [3.05, 3.63) is 18.5 Å². The second-order valence-electron chi connectivity index (χ2n) is 3.99. The number of rotatable bonds is 4. The topological polar surface area (TPSA) is 79.2 Å². The van der Waals surface area contributed by atoms with Gasteiger partial charge in [-0.3, -0.25) is 9.48 Å². The third-order valence-electron chi connectivity index (χ3n) is 2.73. The van der Waals surface area contributed by atoms with Gasteiger partial charge in [0.05, 0.1) is 6.10 Å². The molecule has 1 aromatic heterocycles. The average molecular weight is 297 g/mol. The number of halogens is 2. The second kappa shape index (κ2) is 8.31. The summed E-state index contributed by atoms with van der Waals surface area (Å²) in [6.45, 7) is 2.10. The van der Waals surface area contributed by atoms with Crippen LogP contribution in [0.15, 0.2) is 18.5 Å². The lowest BCUT2D eigenvalue weighted by atomic mass is 10.1. The third-order valence-corrected chi connectivity index (χ3v) is 2.73. The average Bonchev–Trinajstić information content (AvgIpc) is 2.87. The molecule has 2 atom stereocenters. The molecule has 0 spiro atoms. The summed E-state index contributed by atoms with van der Waals surface area (Å²) in [6, 6.07) is 1.78. The van der Waals surface area contributed by atoms with Gasteiger partial charge in [0.25, 0.3) is 0 Å². The predicted molar refractivity (Wildman–Crippen MR) is 72.1 cm³/mol. The van der Waals surface area contributed by atoms with Gasteiger partial charge in [0.15, 0.2) is 0 Å². The number of nitrogens with one attached hydrogen (secondary N) is 2. The summed E-state index contributed by atoms with van der Waals surface area (Å²) in [5.41, 5.74) is 0. The zero-order valence-corrected chi connectivity index (χ0v) is 11.4. The maximum absolute atomic E-state index is 11.5. The quantitative estimate of drug-likeness (QED) is 0.695. The highest BCUT2D eigenvalue weighted by Gasteiger charge is 2.24. The number of hydrogen-bond donors (Lipinski definition) is 3. The summed E-state index contributed by atoms with van der Waals surface area (Å²) in [5, 5.41) is 19.3. The molecule has 2 unspecified atom stereocenters. The Labute approximate surface area is 118 Å². The number of β-amino-alcohol motifs (C(OH)–C–C–N with tert-alkyl or cyclic N) is 1. The Morgan fingerprint density at radius 1 is 1.50 bits per heavy atom. The van der Waals surface area contributed by atoms with Gasteiger partial charge in [-0.25, -0.2) is 0 Å². The normalized spacial score (nSPS) is 21.8. The number of aliphatic hydroxyl groups is 1. The van der Waals surface area contributed by atoms with Gasteiger partial charge in [-0.2, -0.15) is 5.10 Å². The summed E-state index contributed by atoms with van der Waals surface area (Å²) >= 11 is 0. The van der Waals surface area contributed by atoms with Crippen molar-refractivity contribution in [3.63, 3.8) is 0 Å². The summed E-state index contributed by atoms with van der Waals surface area (Å²) in [6.07, 6.45) is 3.02. The molecule has 3 N–H and O–H groups in total. The molecule has 0 aliphatic carbocycles. The van der Waals surface area contributed by atoms with Crippen molar-refractivity contribution in [3.8, 4) is 0 Å². The van der Waals surface area contributed by atoms with Crippen LogP contribution >= 0.6 is 24.8 Å². The van der Waals surface area contributed by atoms with Crippen LogP contribution in [0.5, 0.6) is 0 Å². The summed E-state index contributed by atoms with van der Waals surface area (Å²) < 4.78 is 1.57. The van der Waals surface area contributed by atoms with E-state index in [1.54, 1.807) is 23.1 Å². The molecule has 0 radical (unpaired) electrons. The highest BCUT2D eigenvalue weighted by molar-refractivity contribution is 5.85. The first kappa shape index (κ1) is 17.2. The summed E-state index contributed by atoms with van der Waals surface area (Å²) in [5.74, 6) is 0.0318. The molecule has 104 valence electrons. The Hall–Kier alpha value is -0.820. The molecule has 1 aromatic rings. The van der Waals surface area contributed by atoms with Gasteiger partial charge >= 0.3 is 0 Å². The molecule has 1 amide bonds. The number of amides is 1. The SMILES string of the molecule is Cl.Cl.O=C(Cn1cccn1)NCC1CNCC1O. The van der Waals surface area contributed by atoms with Crippen molar-refractivity contribution < 1.29 is 9.90 Å². The van der Waals surface area contributed by atoms with Crippen LogP contribution in [0.1, 0.15) is 0 Å². The lowest BCUT2D eigenvalue weighted by Gasteiger charge is -2.13. The Morgan fingerprint density at radius 3 is 2.83 bits per heavy atom. The fraction of sp³-hybridized carbons (Fsp3) is 0.600. The van der Waals surface area contributed by atoms with E-state index in [0.29, 0.717) is 13.1 Å². The molecule has 1 aliphatic rings. The molecule has 6 nitrogen and oxygen atoms in total. The number of nitrogens with zero attached hydrogens (tertiary/aromatic N) is 2. The van der Waals surface area contributed by atoms with Crippen LogP contribution in [-0.4, -0.2) is 46.5 Å². The smallest absolute Gasteiger partial charge is 0.241 e. The molecule has 1 aliphatic heterocycles. The molecule has 0 bridgehead atoms. The number of hydrogen-bond acceptors (Lipinski definition) is 4. The minimum Gasteiger partial charge on any atom is -0.391 e. The van der Waals surface area contributed by atoms with E-state index in [0.717, 1.165) is 6.54 Å². The van der Waals surface area contributed by atoms with Gasteiger partial charge in [0, 0.05) is 37.9 Å². The van der Waals surface area contributed by atoms with Crippen molar-refractivity contribution in [2.75, 3.05) is 19.6 Å². The molecule has 0 aromatic carbocycles. The van der Waals surface area contributed by atoms with E-state index in [1.807, 2.05) is 0 Å². The molecule has 0 saturated carbocycles. The maximum Gasteiger partial charge on any atom is 0.241 e. The molecule has 18 heavy (non-hydrogen) atoms. The lowest BCUT2D eigenvalue weighted by molar-refractivity contribution is -0.122. The fourth-order valence-corrected chi connectivity index (χ4v) is 1.77. The van der Waals surface area contributed by atoms with Gasteiger partial charge in [0.2, 0.25) is 5.91 Å². The monoisotopic (exact) mass is 296 g/mol. The van der Waals surface area contributed by atoms with Crippen LogP contribution in [0, 0.1) is 5.92 Å². The highest BCUT2D eigenvalue weighted by Crippen LogP contribution is 2.06. The van der Waals surface area contributed by atoms with Crippen molar-refractivity contribution in [2.45, 2.75) is 12.6 Å². The third kappa shape index (κ3) is 4.81. The Kier molecular flexibility index (Phi) is 7.93. The number of carbonyl (C=O) groups excluding carboxylic acids is 1. The van der Waals surface area contributed by atoms with Crippen molar-refractivity contribution in [2.24, 2.45) is 5.92 Å². The minimum atomic E-state index is -0.356. The largest absolute Gasteiger partial charge is 0.391 e. The summed E-state index contributed by atoms with van der Waals surface area (Å²) in [4.78, 5) is 11.5. The number of aromatic nitrogens is 2. The first-order chi connectivity index (χ1) is 7.75.